The fourth-order valence-electron chi connectivity index (χ4n) is 3.02. The number of anilines is 1. The summed E-state index contributed by atoms with van der Waals surface area (Å²) in [6.45, 7) is -0.430. The van der Waals surface area contributed by atoms with E-state index in [1.165, 1.54) is 18.0 Å². The molecule has 25 heavy (non-hydrogen) atoms. The van der Waals surface area contributed by atoms with Crippen molar-refractivity contribution in [3.05, 3.63) is 18.1 Å². The molecule has 10 heteroatoms. The molecule has 1 aliphatic rings. The summed E-state index contributed by atoms with van der Waals surface area (Å²) in [5, 5.41) is 30.0. The summed E-state index contributed by atoms with van der Waals surface area (Å²) in [4.78, 5) is 19.6. The van der Waals surface area contributed by atoms with Crippen molar-refractivity contribution in [2.45, 2.75) is 37.4 Å². The second-order valence-electron chi connectivity index (χ2n) is 5.82. The summed E-state index contributed by atoms with van der Waals surface area (Å²) in [5.41, 5.74) is 7.05. The quantitative estimate of drug-likeness (QED) is 0.482. The molecule has 1 saturated heterocycles. The molecule has 1 aliphatic heterocycles. The monoisotopic (exact) mass is 352 g/mol. The molecule has 2 aromatic rings. The first kappa shape index (κ1) is 17.5. The minimum absolute atomic E-state index is 0.139. The number of ether oxygens (including phenoxy) is 2. The molecule has 0 amide bonds. The summed E-state index contributed by atoms with van der Waals surface area (Å²) in [6, 6.07) is 0. The first-order valence-corrected chi connectivity index (χ1v) is 7.77. The molecular formula is C15H20N4O6. The van der Waals surface area contributed by atoms with Crippen molar-refractivity contribution in [3.63, 3.8) is 0 Å². The maximum atomic E-state index is 11.4. The van der Waals surface area contributed by atoms with Crippen LogP contribution in [0.3, 0.4) is 0 Å². The molecule has 0 unspecified atom stereocenters. The lowest BCUT2D eigenvalue weighted by Gasteiger charge is -2.17. The molecule has 0 saturated carbocycles. The Morgan fingerprint density at radius 3 is 2.80 bits per heavy atom. The Labute approximate surface area is 142 Å². The highest BCUT2D eigenvalue weighted by molar-refractivity contribution is 5.90. The predicted molar refractivity (Wildman–Crippen MR) is 85.3 cm³/mol. The summed E-state index contributed by atoms with van der Waals surface area (Å²) >= 11 is 0. The van der Waals surface area contributed by atoms with Gasteiger partial charge in [-0.25, -0.2) is 9.97 Å². The number of hydrogen-bond donors (Lipinski definition) is 4. The number of aliphatic hydroxyl groups excluding tert-OH is 3. The van der Waals surface area contributed by atoms with E-state index in [9.17, 15) is 20.1 Å². The SMILES string of the molecule is COC(=O)CCc1cn([C@@H]2O[C@H](CO)[C@@H](O)[C@H]2O)c2ncnc(N)c12. The van der Waals surface area contributed by atoms with E-state index in [2.05, 4.69) is 14.7 Å². The fourth-order valence-corrected chi connectivity index (χ4v) is 3.02. The van der Waals surface area contributed by atoms with Gasteiger partial charge in [0.2, 0.25) is 0 Å². The smallest absolute Gasteiger partial charge is 0.305 e. The number of rotatable bonds is 5. The summed E-state index contributed by atoms with van der Waals surface area (Å²) in [7, 11) is 1.31. The molecule has 10 nitrogen and oxygen atoms in total. The van der Waals surface area contributed by atoms with Crippen LogP contribution >= 0.6 is 0 Å². The molecule has 2 aromatic heterocycles. The van der Waals surface area contributed by atoms with Crippen molar-refractivity contribution in [3.8, 4) is 0 Å². The van der Waals surface area contributed by atoms with E-state index in [-0.39, 0.29) is 18.2 Å². The second kappa shape index (κ2) is 6.92. The summed E-state index contributed by atoms with van der Waals surface area (Å²) in [5.74, 6) is -0.139. The molecule has 0 bridgehead atoms. The van der Waals surface area contributed by atoms with Crippen LogP contribution in [-0.4, -0.2) is 67.9 Å². The lowest BCUT2D eigenvalue weighted by atomic mass is 10.1. The first-order valence-electron chi connectivity index (χ1n) is 7.77. The maximum absolute atomic E-state index is 11.4. The summed E-state index contributed by atoms with van der Waals surface area (Å²) in [6.07, 6.45) is -0.936. The van der Waals surface area contributed by atoms with Gasteiger partial charge in [0.25, 0.3) is 0 Å². The van der Waals surface area contributed by atoms with Gasteiger partial charge in [-0.15, -0.1) is 0 Å². The largest absolute Gasteiger partial charge is 0.469 e. The third-order valence-corrected chi connectivity index (χ3v) is 4.33. The number of fused-ring (bicyclic) bond motifs is 1. The van der Waals surface area contributed by atoms with E-state index < -0.39 is 31.1 Å². The molecule has 1 fully saturated rings. The van der Waals surface area contributed by atoms with Crippen molar-refractivity contribution in [2.24, 2.45) is 0 Å². The second-order valence-corrected chi connectivity index (χ2v) is 5.82. The highest BCUT2D eigenvalue weighted by Gasteiger charge is 2.44. The third kappa shape index (κ3) is 3.04. The zero-order valence-electron chi connectivity index (χ0n) is 13.6. The molecule has 3 heterocycles. The Kier molecular flexibility index (Phi) is 4.86. The van der Waals surface area contributed by atoms with Gasteiger partial charge in [-0.3, -0.25) is 4.79 Å². The average Bonchev–Trinajstić information content (AvgIpc) is 3.12. The lowest BCUT2D eigenvalue weighted by Crippen LogP contribution is -2.33. The van der Waals surface area contributed by atoms with Crippen molar-refractivity contribution < 1.29 is 29.6 Å². The van der Waals surface area contributed by atoms with E-state index in [1.54, 1.807) is 6.20 Å². The van der Waals surface area contributed by atoms with Gasteiger partial charge in [-0.1, -0.05) is 0 Å². The number of aromatic nitrogens is 3. The number of nitrogens with zero attached hydrogens (tertiary/aromatic N) is 3. The molecule has 5 N–H and O–H groups in total. The average molecular weight is 352 g/mol. The Balaban J connectivity index is 2.01. The van der Waals surface area contributed by atoms with Crippen LogP contribution in [0, 0.1) is 0 Å². The molecular weight excluding hydrogens is 332 g/mol. The van der Waals surface area contributed by atoms with Crippen molar-refractivity contribution in [1.29, 1.82) is 0 Å². The highest BCUT2D eigenvalue weighted by Crippen LogP contribution is 2.34. The van der Waals surface area contributed by atoms with Crippen molar-refractivity contribution in [1.82, 2.24) is 14.5 Å². The molecule has 0 aromatic carbocycles. The predicted octanol–water partition coefficient (Wildman–Crippen LogP) is -1.27. The Hall–Kier alpha value is -2.27. The van der Waals surface area contributed by atoms with Crippen LogP contribution in [0.15, 0.2) is 12.5 Å². The van der Waals surface area contributed by atoms with Gasteiger partial charge in [0, 0.05) is 12.6 Å². The van der Waals surface area contributed by atoms with Crippen LogP contribution in [-0.2, 0) is 20.7 Å². The molecule has 4 atom stereocenters. The van der Waals surface area contributed by atoms with E-state index >= 15 is 0 Å². The molecule has 0 aliphatic carbocycles. The van der Waals surface area contributed by atoms with Crippen LogP contribution < -0.4 is 5.73 Å². The number of aryl methyl sites for hydroxylation is 1. The molecule has 136 valence electrons. The van der Waals surface area contributed by atoms with Crippen LogP contribution in [0.1, 0.15) is 18.2 Å². The zero-order chi connectivity index (χ0) is 18.1. The number of aliphatic hydroxyl groups is 3. The lowest BCUT2D eigenvalue weighted by molar-refractivity contribution is -0.140. The number of esters is 1. The highest BCUT2D eigenvalue weighted by atomic mass is 16.6. The van der Waals surface area contributed by atoms with Crippen LogP contribution in [0.5, 0.6) is 0 Å². The van der Waals surface area contributed by atoms with E-state index in [1.807, 2.05) is 0 Å². The van der Waals surface area contributed by atoms with Crippen LogP contribution in [0.25, 0.3) is 11.0 Å². The number of carbonyl (C=O) groups is 1. The van der Waals surface area contributed by atoms with E-state index in [0.29, 0.717) is 23.0 Å². The molecule has 0 spiro atoms. The van der Waals surface area contributed by atoms with Crippen molar-refractivity contribution >= 4 is 22.8 Å². The number of hydrogen-bond acceptors (Lipinski definition) is 9. The Morgan fingerprint density at radius 1 is 1.40 bits per heavy atom. The minimum atomic E-state index is -1.25. The van der Waals surface area contributed by atoms with Gasteiger partial charge in [0.1, 0.15) is 36.1 Å². The summed E-state index contributed by atoms with van der Waals surface area (Å²) < 4.78 is 11.7. The van der Waals surface area contributed by atoms with E-state index in [4.69, 9.17) is 10.5 Å². The first-order chi connectivity index (χ1) is 12.0. The third-order valence-electron chi connectivity index (χ3n) is 4.33. The van der Waals surface area contributed by atoms with Crippen LogP contribution in [0.2, 0.25) is 0 Å². The van der Waals surface area contributed by atoms with E-state index in [0.717, 1.165) is 0 Å². The van der Waals surface area contributed by atoms with Gasteiger partial charge >= 0.3 is 5.97 Å². The molecule has 0 radical (unpaired) electrons. The number of nitrogen functional groups attached to an aromatic ring is 1. The zero-order valence-corrected chi connectivity index (χ0v) is 13.6. The number of nitrogens with two attached hydrogens (primary N) is 1. The van der Waals surface area contributed by atoms with Gasteiger partial charge in [-0.05, 0) is 12.0 Å². The van der Waals surface area contributed by atoms with Gasteiger partial charge in [-0.2, -0.15) is 0 Å². The fraction of sp³-hybridized carbons (Fsp3) is 0.533. The standard InChI is InChI=1S/C15H20N4O6/c1-24-9(21)3-2-7-4-19(14-10(7)13(16)17-6-18-14)15-12(23)11(22)8(5-20)25-15/h4,6,8,11-12,15,20,22-23H,2-3,5H2,1H3,(H2,16,17,18)/t8-,11-,12-,15-/m1/s1. The van der Waals surface area contributed by atoms with Gasteiger partial charge in [0.15, 0.2) is 6.23 Å². The molecule has 3 rings (SSSR count). The number of methoxy groups -OCH3 is 1. The minimum Gasteiger partial charge on any atom is -0.469 e. The van der Waals surface area contributed by atoms with Gasteiger partial charge in [0.05, 0.1) is 19.1 Å². The Bertz CT molecular complexity index is 779. The van der Waals surface area contributed by atoms with Crippen LogP contribution in [0.4, 0.5) is 5.82 Å². The topological polar surface area (TPSA) is 153 Å². The Morgan fingerprint density at radius 2 is 2.16 bits per heavy atom. The number of carbonyl (C=O) groups excluding carboxylic acids is 1. The maximum Gasteiger partial charge on any atom is 0.305 e. The van der Waals surface area contributed by atoms with Gasteiger partial charge < -0.3 is 35.1 Å². The van der Waals surface area contributed by atoms with Crippen molar-refractivity contribution in [2.75, 3.05) is 19.5 Å². The normalized spacial score (nSPS) is 26.2.